The lowest BCUT2D eigenvalue weighted by atomic mass is 9.75. The number of methoxy groups -OCH3 is 1. The van der Waals surface area contributed by atoms with Crippen LogP contribution in [-0.2, 0) is 4.74 Å². The van der Waals surface area contributed by atoms with E-state index in [1.165, 1.54) is 28.7 Å². The molecule has 0 aromatic heterocycles. The van der Waals surface area contributed by atoms with E-state index in [0.717, 1.165) is 43.4 Å². The van der Waals surface area contributed by atoms with Crippen LogP contribution in [0.1, 0.15) is 93.4 Å². The van der Waals surface area contributed by atoms with Crippen molar-refractivity contribution in [3.8, 4) is 0 Å². The number of rotatable bonds is 7. The molecule has 170 valence electrons. The van der Waals surface area contributed by atoms with Crippen molar-refractivity contribution in [2.24, 2.45) is 11.8 Å². The molecule has 0 heterocycles. The highest BCUT2D eigenvalue weighted by Crippen LogP contribution is 2.42. The molecule has 2 rings (SSSR count). The predicted octanol–water partition coefficient (Wildman–Crippen LogP) is 9.05. The van der Waals surface area contributed by atoms with Crippen LogP contribution in [0, 0.1) is 11.8 Å². The lowest BCUT2D eigenvalue weighted by molar-refractivity contribution is 0.0826. The minimum Gasteiger partial charge on any atom is -0.501 e. The number of allylic oxidation sites excluding steroid dienone is 9. The monoisotopic (exact) mass is 416 g/mol. The second-order valence-electron chi connectivity index (χ2n) is 9.01. The van der Waals surface area contributed by atoms with Crippen LogP contribution in [0.15, 0.2) is 58.4 Å². The number of ether oxygens (including phenoxy) is 1. The van der Waals surface area contributed by atoms with Crippen LogP contribution in [0.2, 0.25) is 0 Å². The Morgan fingerprint density at radius 2 is 1.83 bits per heavy atom. The molecule has 0 aromatic rings. The van der Waals surface area contributed by atoms with E-state index in [4.69, 9.17) is 4.74 Å². The topological polar surface area (TPSA) is 9.23 Å². The summed E-state index contributed by atoms with van der Waals surface area (Å²) in [4.78, 5) is 0. The molecule has 1 nitrogen and oxygen atoms in total. The SMILES string of the molecule is C=CC(=C\C1=C(C)C(C)=CC(CC2(F)CCCCC2)C1)/C(=C(\C)OC)C(C)C.CC. The zero-order valence-corrected chi connectivity index (χ0v) is 20.8. The van der Waals surface area contributed by atoms with Crippen molar-refractivity contribution in [2.45, 2.75) is 99.1 Å². The summed E-state index contributed by atoms with van der Waals surface area (Å²) in [6.07, 6.45) is 12.8. The third-order valence-electron chi connectivity index (χ3n) is 6.54. The van der Waals surface area contributed by atoms with E-state index in [1.807, 2.05) is 26.8 Å². The van der Waals surface area contributed by atoms with Crippen molar-refractivity contribution in [2.75, 3.05) is 7.11 Å². The normalized spacial score (nSPS) is 22.7. The van der Waals surface area contributed by atoms with Crippen LogP contribution < -0.4 is 0 Å². The van der Waals surface area contributed by atoms with Crippen molar-refractivity contribution in [3.05, 3.63) is 58.4 Å². The number of hydrogen-bond donors (Lipinski definition) is 0. The fourth-order valence-corrected chi connectivity index (χ4v) is 4.87. The Kier molecular flexibility index (Phi) is 10.9. The van der Waals surface area contributed by atoms with Gasteiger partial charge in [-0.2, -0.15) is 0 Å². The van der Waals surface area contributed by atoms with Gasteiger partial charge in [-0.3, -0.25) is 0 Å². The molecular formula is C28H45FO. The molecule has 0 amide bonds. The zero-order chi connectivity index (χ0) is 22.9. The smallest absolute Gasteiger partial charge is 0.111 e. The summed E-state index contributed by atoms with van der Waals surface area (Å²) >= 11 is 0. The van der Waals surface area contributed by atoms with Crippen molar-refractivity contribution in [3.63, 3.8) is 0 Å². The number of alkyl halides is 1. The van der Waals surface area contributed by atoms with Crippen LogP contribution in [0.5, 0.6) is 0 Å². The second-order valence-corrected chi connectivity index (χ2v) is 9.01. The van der Waals surface area contributed by atoms with E-state index in [0.29, 0.717) is 12.3 Å². The van der Waals surface area contributed by atoms with Gasteiger partial charge in [-0.25, -0.2) is 4.39 Å². The van der Waals surface area contributed by atoms with Gasteiger partial charge >= 0.3 is 0 Å². The Hall–Kier alpha value is -1.57. The molecule has 2 aliphatic rings. The minimum atomic E-state index is -0.976. The Morgan fingerprint density at radius 1 is 1.23 bits per heavy atom. The lowest BCUT2D eigenvalue weighted by Gasteiger charge is -2.34. The van der Waals surface area contributed by atoms with Gasteiger partial charge in [0, 0.05) is 0 Å². The van der Waals surface area contributed by atoms with Crippen LogP contribution >= 0.6 is 0 Å². The molecule has 1 unspecified atom stereocenters. The summed E-state index contributed by atoms with van der Waals surface area (Å²) in [7, 11) is 1.72. The van der Waals surface area contributed by atoms with Gasteiger partial charge in [0.1, 0.15) is 5.67 Å². The highest BCUT2D eigenvalue weighted by atomic mass is 19.1. The molecule has 1 saturated carbocycles. The average molecular weight is 417 g/mol. The Morgan fingerprint density at radius 3 is 2.33 bits per heavy atom. The van der Waals surface area contributed by atoms with E-state index in [9.17, 15) is 0 Å². The minimum absolute atomic E-state index is 0.277. The summed E-state index contributed by atoms with van der Waals surface area (Å²) in [5.41, 5.74) is 5.23. The summed E-state index contributed by atoms with van der Waals surface area (Å²) in [5.74, 6) is 1.56. The van der Waals surface area contributed by atoms with Crippen molar-refractivity contribution >= 4 is 0 Å². The third kappa shape index (κ3) is 7.00. The first-order valence-corrected chi connectivity index (χ1v) is 11.9. The highest BCUT2D eigenvalue weighted by molar-refractivity contribution is 5.50. The average Bonchev–Trinajstić information content (AvgIpc) is 2.72. The number of hydrogen-bond acceptors (Lipinski definition) is 1. The van der Waals surface area contributed by atoms with Crippen molar-refractivity contribution in [1.82, 2.24) is 0 Å². The van der Waals surface area contributed by atoms with Gasteiger partial charge in [-0.1, -0.05) is 77.3 Å². The maximum absolute atomic E-state index is 15.3. The van der Waals surface area contributed by atoms with E-state index in [2.05, 4.69) is 46.4 Å². The van der Waals surface area contributed by atoms with Crippen molar-refractivity contribution in [1.29, 1.82) is 0 Å². The first-order chi connectivity index (χ1) is 14.2. The van der Waals surface area contributed by atoms with Gasteiger partial charge in [0.15, 0.2) is 0 Å². The summed E-state index contributed by atoms with van der Waals surface area (Å²) in [6, 6.07) is 0. The van der Waals surface area contributed by atoms with Gasteiger partial charge in [0.05, 0.1) is 12.9 Å². The molecule has 0 spiro atoms. The van der Waals surface area contributed by atoms with Crippen molar-refractivity contribution < 1.29 is 9.13 Å². The fraction of sp³-hybridized carbons (Fsp3) is 0.643. The molecule has 2 heteroatoms. The third-order valence-corrected chi connectivity index (χ3v) is 6.54. The molecule has 0 radical (unpaired) electrons. The second kappa shape index (κ2) is 12.3. The molecule has 0 aromatic carbocycles. The largest absolute Gasteiger partial charge is 0.501 e. The van der Waals surface area contributed by atoms with Gasteiger partial charge in [0.25, 0.3) is 0 Å². The molecule has 0 aliphatic heterocycles. The molecule has 30 heavy (non-hydrogen) atoms. The Balaban J connectivity index is 0.00000218. The van der Waals surface area contributed by atoms with Gasteiger partial charge < -0.3 is 4.74 Å². The lowest BCUT2D eigenvalue weighted by Crippen LogP contribution is -2.29. The zero-order valence-electron chi connectivity index (χ0n) is 20.8. The molecule has 1 fully saturated rings. The van der Waals surface area contributed by atoms with Gasteiger partial charge in [0.2, 0.25) is 0 Å². The van der Waals surface area contributed by atoms with E-state index in [1.54, 1.807) is 7.11 Å². The van der Waals surface area contributed by atoms with Crippen LogP contribution in [0.4, 0.5) is 4.39 Å². The molecule has 1 atom stereocenters. The highest BCUT2D eigenvalue weighted by Gasteiger charge is 2.34. The van der Waals surface area contributed by atoms with Crippen LogP contribution in [0.25, 0.3) is 0 Å². The Labute approximate surface area is 185 Å². The maximum atomic E-state index is 15.3. The van der Waals surface area contributed by atoms with Crippen LogP contribution in [-0.4, -0.2) is 12.8 Å². The maximum Gasteiger partial charge on any atom is 0.111 e. The molecule has 0 saturated heterocycles. The summed E-state index contributed by atoms with van der Waals surface area (Å²) < 4.78 is 20.9. The molecule has 0 N–H and O–H groups in total. The molecular weight excluding hydrogens is 371 g/mol. The molecule has 0 bridgehead atoms. The van der Waals surface area contributed by atoms with Crippen LogP contribution in [0.3, 0.4) is 0 Å². The Bertz CT molecular complexity index is 696. The quantitative estimate of drug-likeness (QED) is 0.297. The summed E-state index contributed by atoms with van der Waals surface area (Å²) in [5, 5.41) is 0. The van der Waals surface area contributed by atoms with Gasteiger partial charge in [-0.05, 0) is 80.6 Å². The first-order valence-electron chi connectivity index (χ1n) is 11.9. The summed E-state index contributed by atoms with van der Waals surface area (Å²) in [6.45, 7) is 18.8. The first kappa shape index (κ1) is 26.5. The molecule has 2 aliphatic carbocycles. The standard InChI is InChI=1S/C26H39FO.C2H6/c1-8-23(25(18(2)3)21(6)28-7)16-24-15-22(14-19(4)20(24)5)17-26(27)12-10-9-11-13-26;1-2/h8,14,16,18,22H,1,9-13,15,17H2,2-7H3;1-2H3/b23-16+,25-21+;. The number of halogens is 1. The predicted molar refractivity (Wildman–Crippen MR) is 130 cm³/mol. The van der Waals surface area contributed by atoms with Gasteiger partial charge in [-0.15, -0.1) is 0 Å². The van der Waals surface area contributed by atoms with E-state index >= 15 is 4.39 Å². The van der Waals surface area contributed by atoms with E-state index in [-0.39, 0.29) is 5.92 Å². The van der Waals surface area contributed by atoms with E-state index < -0.39 is 5.67 Å². The fourth-order valence-electron chi connectivity index (χ4n) is 4.87.